The highest BCUT2D eigenvalue weighted by Crippen LogP contribution is 2.48. The van der Waals surface area contributed by atoms with Crippen LogP contribution in [0.1, 0.15) is 80.4 Å². The van der Waals surface area contributed by atoms with E-state index in [-0.39, 0.29) is 57.5 Å². The predicted molar refractivity (Wildman–Crippen MR) is 157 cm³/mol. The van der Waals surface area contributed by atoms with Crippen LogP contribution in [0.25, 0.3) is 11.1 Å². The molecule has 1 aliphatic carbocycles. The van der Waals surface area contributed by atoms with E-state index in [1.165, 1.54) is 19.1 Å². The van der Waals surface area contributed by atoms with Gasteiger partial charge in [-0.15, -0.1) is 0 Å². The van der Waals surface area contributed by atoms with Crippen molar-refractivity contribution in [3.05, 3.63) is 45.8 Å². The molecule has 1 saturated carbocycles. The van der Waals surface area contributed by atoms with Crippen LogP contribution in [-0.2, 0) is 32.4 Å². The highest BCUT2D eigenvalue weighted by atomic mass is 32.2. The number of benzene rings is 2. The number of esters is 1. The number of nitrogens with zero attached hydrogens (tertiary/aromatic N) is 1. The van der Waals surface area contributed by atoms with E-state index < -0.39 is 46.1 Å². The van der Waals surface area contributed by atoms with E-state index in [4.69, 9.17) is 9.47 Å². The second-order valence-electron chi connectivity index (χ2n) is 12.7. The SMILES string of the molecule is Cc1cc2c(c(-c3cc(F)c4c(c3C)CCCO4)c1[C@H](O)C(=O)O[C@@H]1C[C@H](C)CC[C@H]1C(C)C)CCN2S(=O)(=O)C(F)(F)F. The Bertz CT molecular complexity index is 1570. The van der Waals surface area contributed by atoms with Crippen LogP contribution in [-0.4, -0.2) is 44.3 Å². The minimum absolute atomic E-state index is 0.0594. The second kappa shape index (κ2) is 11.8. The molecule has 1 fully saturated rings. The topological polar surface area (TPSA) is 93.1 Å². The minimum atomic E-state index is -5.74. The molecule has 2 aliphatic heterocycles. The summed E-state index contributed by atoms with van der Waals surface area (Å²) in [6.07, 6.45) is 1.21. The van der Waals surface area contributed by atoms with Gasteiger partial charge in [0.1, 0.15) is 6.10 Å². The molecular weight excluding hydrogens is 602 g/mol. The number of aliphatic hydroxyl groups is 1. The summed E-state index contributed by atoms with van der Waals surface area (Å²) < 4.78 is 93.4. The molecule has 5 rings (SSSR count). The van der Waals surface area contributed by atoms with Crippen molar-refractivity contribution in [2.24, 2.45) is 17.8 Å². The van der Waals surface area contributed by atoms with Gasteiger partial charge in [0, 0.05) is 17.7 Å². The van der Waals surface area contributed by atoms with Crippen LogP contribution in [0.15, 0.2) is 12.1 Å². The zero-order valence-electron chi connectivity index (χ0n) is 25.6. The predicted octanol–water partition coefficient (Wildman–Crippen LogP) is 6.68. The molecule has 0 spiro atoms. The molecule has 4 atom stereocenters. The standard InChI is InChI=1S/C32H39F4NO6S/c1-16(2)20-9-8-17(3)13-26(20)43-31(39)29(38)27-18(4)14-25-22(10-11-37(25)44(40,41)32(34,35)36)28(27)23-15-24(33)30-21(19(23)5)7-6-12-42-30/h14-17,20,26,29,38H,6-13H2,1-5H3/t17-,20+,26-,29+/m1/s1. The van der Waals surface area contributed by atoms with E-state index in [9.17, 15) is 31.5 Å². The lowest BCUT2D eigenvalue weighted by Gasteiger charge is -2.37. The van der Waals surface area contributed by atoms with Crippen LogP contribution in [0.5, 0.6) is 5.75 Å². The van der Waals surface area contributed by atoms with Gasteiger partial charge in [0.05, 0.1) is 12.3 Å². The number of aliphatic hydroxyl groups excluding tert-OH is 1. The van der Waals surface area contributed by atoms with Gasteiger partial charge in [0.15, 0.2) is 17.7 Å². The van der Waals surface area contributed by atoms with E-state index in [0.717, 1.165) is 12.8 Å². The Labute approximate surface area is 255 Å². The maximum Gasteiger partial charge on any atom is 0.516 e. The summed E-state index contributed by atoms with van der Waals surface area (Å²) >= 11 is 0. The van der Waals surface area contributed by atoms with Crippen molar-refractivity contribution in [2.75, 3.05) is 17.5 Å². The van der Waals surface area contributed by atoms with Crippen molar-refractivity contribution in [2.45, 2.75) is 90.9 Å². The number of rotatable bonds is 6. The summed E-state index contributed by atoms with van der Waals surface area (Å²) in [6, 6.07) is 2.43. The molecule has 0 unspecified atom stereocenters. The van der Waals surface area contributed by atoms with Crippen LogP contribution in [0, 0.1) is 37.4 Å². The van der Waals surface area contributed by atoms with Crippen LogP contribution in [0.2, 0.25) is 0 Å². The summed E-state index contributed by atoms with van der Waals surface area (Å²) in [5.74, 6) is -0.845. The number of hydrogen-bond acceptors (Lipinski definition) is 6. The summed E-state index contributed by atoms with van der Waals surface area (Å²) in [7, 11) is -5.74. The van der Waals surface area contributed by atoms with Crippen molar-refractivity contribution in [1.29, 1.82) is 0 Å². The number of aryl methyl sites for hydroxylation is 1. The van der Waals surface area contributed by atoms with Crippen LogP contribution in [0.4, 0.5) is 23.2 Å². The molecule has 0 amide bonds. The molecular formula is C32H39F4NO6S. The number of halogens is 4. The number of alkyl halides is 3. The average molecular weight is 642 g/mol. The molecule has 1 N–H and O–H groups in total. The molecule has 0 radical (unpaired) electrons. The van der Waals surface area contributed by atoms with Crippen LogP contribution < -0.4 is 9.04 Å². The number of anilines is 1. The van der Waals surface area contributed by atoms with Crippen LogP contribution in [0.3, 0.4) is 0 Å². The van der Waals surface area contributed by atoms with Crippen molar-refractivity contribution in [3.8, 4) is 16.9 Å². The summed E-state index contributed by atoms with van der Waals surface area (Å²) in [4.78, 5) is 13.6. The number of carbonyl (C=O) groups excluding carboxylic acids is 1. The number of hydrogen-bond donors (Lipinski definition) is 1. The molecule has 7 nitrogen and oxygen atoms in total. The molecule has 0 saturated heterocycles. The zero-order chi connectivity index (χ0) is 32.3. The minimum Gasteiger partial charge on any atom is -0.490 e. The van der Waals surface area contributed by atoms with Gasteiger partial charge in [-0.05, 0) is 104 Å². The molecule has 0 aromatic heterocycles. The van der Waals surface area contributed by atoms with Gasteiger partial charge in [-0.1, -0.05) is 27.2 Å². The van der Waals surface area contributed by atoms with Crippen LogP contribution >= 0.6 is 0 Å². The largest absolute Gasteiger partial charge is 0.516 e. The van der Waals surface area contributed by atoms with Gasteiger partial charge < -0.3 is 14.6 Å². The van der Waals surface area contributed by atoms with E-state index >= 15 is 4.39 Å². The van der Waals surface area contributed by atoms with Crippen molar-refractivity contribution in [3.63, 3.8) is 0 Å². The summed E-state index contributed by atoms with van der Waals surface area (Å²) in [6.45, 7) is 9.23. The molecule has 2 aromatic rings. The highest BCUT2D eigenvalue weighted by molar-refractivity contribution is 7.93. The first-order chi connectivity index (χ1) is 20.5. The van der Waals surface area contributed by atoms with Crippen molar-refractivity contribution >= 4 is 21.7 Å². The molecule has 2 aromatic carbocycles. The van der Waals surface area contributed by atoms with Gasteiger partial charge in [0.25, 0.3) is 0 Å². The Morgan fingerprint density at radius 2 is 1.84 bits per heavy atom. The van der Waals surface area contributed by atoms with Gasteiger partial charge in [0.2, 0.25) is 0 Å². The molecule has 0 bridgehead atoms. The normalized spacial score (nSPS) is 22.8. The summed E-state index contributed by atoms with van der Waals surface area (Å²) in [5.41, 5.74) is -3.78. The Balaban J connectivity index is 1.68. The number of ether oxygens (including phenoxy) is 2. The lowest BCUT2D eigenvalue weighted by Crippen LogP contribution is -2.39. The first-order valence-electron chi connectivity index (χ1n) is 15.1. The van der Waals surface area contributed by atoms with E-state index in [1.807, 2.05) is 0 Å². The second-order valence-corrected chi connectivity index (χ2v) is 14.6. The zero-order valence-corrected chi connectivity index (χ0v) is 26.4. The Morgan fingerprint density at radius 1 is 1.14 bits per heavy atom. The van der Waals surface area contributed by atoms with E-state index in [1.54, 1.807) is 6.92 Å². The molecule has 44 heavy (non-hydrogen) atoms. The average Bonchev–Trinajstić information content (AvgIpc) is 3.37. The monoisotopic (exact) mass is 641 g/mol. The Morgan fingerprint density at radius 3 is 2.50 bits per heavy atom. The van der Waals surface area contributed by atoms with Crippen molar-refractivity contribution in [1.82, 2.24) is 0 Å². The maximum absolute atomic E-state index is 15.5. The van der Waals surface area contributed by atoms with E-state index in [0.29, 0.717) is 47.2 Å². The highest BCUT2D eigenvalue weighted by Gasteiger charge is 2.52. The van der Waals surface area contributed by atoms with Gasteiger partial charge in [-0.25, -0.2) is 9.18 Å². The smallest absolute Gasteiger partial charge is 0.490 e. The lowest BCUT2D eigenvalue weighted by molar-refractivity contribution is -0.166. The summed E-state index contributed by atoms with van der Waals surface area (Å²) in [5, 5.41) is 11.6. The fourth-order valence-electron chi connectivity index (χ4n) is 7.20. The van der Waals surface area contributed by atoms with Gasteiger partial charge in [-0.2, -0.15) is 21.6 Å². The van der Waals surface area contributed by atoms with E-state index in [2.05, 4.69) is 20.8 Å². The van der Waals surface area contributed by atoms with Gasteiger partial charge >= 0.3 is 21.5 Å². The van der Waals surface area contributed by atoms with Gasteiger partial charge in [-0.3, -0.25) is 4.31 Å². The fraction of sp³-hybridized carbons (Fsp3) is 0.594. The lowest BCUT2D eigenvalue weighted by atomic mass is 9.75. The Hall–Kier alpha value is -2.86. The fourth-order valence-corrected chi connectivity index (χ4v) is 8.20. The number of fused-ring (bicyclic) bond motifs is 2. The third-order valence-electron chi connectivity index (χ3n) is 9.51. The third kappa shape index (κ3) is 5.57. The molecule has 242 valence electrons. The first-order valence-corrected chi connectivity index (χ1v) is 16.6. The first kappa shape index (κ1) is 32.5. The Kier molecular flexibility index (Phi) is 8.74. The quantitative estimate of drug-likeness (QED) is 0.279. The molecule has 3 aliphatic rings. The third-order valence-corrected chi connectivity index (χ3v) is 11.1. The molecule has 12 heteroatoms. The number of carbonyl (C=O) groups is 1. The number of sulfonamides is 1. The van der Waals surface area contributed by atoms with Crippen molar-refractivity contribution < 1.29 is 45.4 Å². The molecule has 2 heterocycles. The maximum atomic E-state index is 15.5.